The van der Waals surface area contributed by atoms with E-state index in [4.69, 9.17) is 39.5 Å². The van der Waals surface area contributed by atoms with Crippen molar-refractivity contribution in [1.82, 2.24) is 15.8 Å². The molecule has 4 N–H and O–H groups in total. The lowest BCUT2D eigenvalue weighted by molar-refractivity contribution is -0.137. The number of rotatable bonds is 6. The number of pyridine rings is 1. The van der Waals surface area contributed by atoms with Crippen LogP contribution in [0.25, 0.3) is 0 Å². The van der Waals surface area contributed by atoms with Crippen molar-refractivity contribution in [2.45, 2.75) is 6.18 Å². The van der Waals surface area contributed by atoms with Crippen molar-refractivity contribution in [2.24, 2.45) is 0 Å². The third kappa shape index (κ3) is 8.03. The van der Waals surface area contributed by atoms with E-state index in [9.17, 15) is 27.6 Å². The molecule has 0 saturated carbocycles. The number of nitrogens with one attached hydrogen (secondary N) is 4. The van der Waals surface area contributed by atoms with Crippen LogP contribution < -0.4 is 26.2 Å². The zero-order valence-electron chi connectivity index (χ0n) is 20.9. The Morgan fingerprint density at radius 1 is 0.714 bits per heavy atom. The van der Waals surface area contributed by atoms with Gasteiger partial charge in [-0.1, -0.05) is 34.8 Å². The average molecular weight is 639 g/mol. The van der Waals surface area contributed by atoms with Crippen LogP contribution in [0.4, 0.5) is 29.3 Å². The summed E-state index contributed by atoms with van der Waals surface area (Å²) >= 11 is 17.4. The topological polar surface area (TPSA) is 121 Å². The summed E-state index contributed by atoms with van der Waals surface area (Å²) in [6.45, 7) is 0. The van der Waals surface area contributed by atoms with Gasteiger partial charge in [0.15, 0.2) is 0 Å². The van der Waals surface area contributed by atoms with Crippen LogP contribution in [0, 0.1) is 0 Å². The minimum atomic E-state index is -4.68. The molecule has 0 atom stereocenters. The number of benzene rings is 3. The third-order valence-corrected chi connectivity index (χ3v) is 6.18. The number of nitrogens with zero attached hydrogens (tertiary/aromatic N) is 1. The molecule has 4 amide bonds. The van der Waals surface area contributed by atoms with E-state index in [0.29, 0.717) is 16.5 Å². The van der Waals surface area contributed by atoms with Gasteiger partial charge in [-0.25, -0.2) is 4.79 Å². The maximum Gasteiger partial charge on any atom is 0.417 e. The number of anilines is 2. The van der Waals surface area contributed by atoms with Gasteiger partial charge in [-0.2, -0.15) is 13.2 Å². The standard InChI is InChI=1S/C27H17Cl3F3N5O4/c28-14-1-7-19(22(30)11-14)24(39)37-38-25(40)23-13-18(9-10-34-23)42-17-5-2-15(3-6-17)35-26(41)36-16-4-8-21(29)20(12-16)27(31,32)33/h1-13H,(H,37,39)(H,38,40)(H2,35,36,41). The van der Waals surface area contributed by atoms with Crippen LogP contribution in [0.3, 0.4) is 0 Å². The first-order valence-corrected chi connectivity index (χ1v) is 12.8. The molecule has 0 unspecified atom stereocenters. The number of ether oxygens (including phenoxy) is 1. The van der Waals surface area contributed by atoms with Gasteiger partial charge in [0.2, 0.25) is 0 Å². The number of carbonyl (C=O) groups is 3. The van der Waals surface area contributed by atoms with Crippen molar-refractivity contribution in [3.8, 4) is 11.5 Å². The monoisotopic (exact) mass is 637 g/mol. The fraction of sp³-hybridized carbons (Fsp3) is 0.0370. The van der Waals surface area contributed by atoms with Gasteiger partial charge in [-0.3, -0.25) is 25.4 Å². The van der Waals surface area contributed by atoms with Crippen molar-refractivity contribution < 1.29 is 32.3 Å². The van der Waals surface area contributed by atoms with Crippen LogP contribution in [0.1, 0.15) is 26.4 Å². The highest BCUT2D eigenvalue weighted by molar-refractivity contribution is 6.36. The lowest BCUT2D eigenvalue weighted by Gasteiger charge is -2.13. The van der Waals surface area contributed by atoms with E-state index in [0.717, 1.165) is 12.1 Å². The van der Waals surface area contributed by atoms with E-state index in [1.165, 1.54) is 66.9 Å². The molecule has 15 heteroatoms. The summed E-state index contributed by atoms with van der Waals surface area (Å²) in [5, 5.41) is 4.76. The Labute approximate surface area is 250 Å². The predicted molar refractivity (Wildman–Crippen MR) is 151 cm³/mol. The van der Waals surface area contributed by atoms with Crippen molar-refractivity contribution in [2.75, 3.05) is 10.6 Å². The molecule has 0 saturated heterocycles. The molecule has 42 heavy (non-hydrogen) atoms. The molecule has 1 heterocycles. The lowest BCUT2D eigenvalue weighted by Crippen LogP contribution is -2.42. The first-order chi connectivity index (χ1) is 19.9. The number of hydrogen-bond acceptors (Lipinski definition) is 5. The summed E-state index contributed by atoms with van der Waals surface area (Å²) in [6.07, 6.45) is -3.35. The fourth-order valence-electron chi connectivity index (χ4n) is 3.37. The molecule has 9 nitrogen and oxygen atoms in total. The van der Waals surface area contributed by atoms with Gasteiger partial charge in [-0.05, 0) is 66.7 Å². The second kappa shape index (κ2) is 13.0. The van der Waals surface area contributed by atoms with E-state index in [2.05, 4.69) is 26.5 Å². The molecule has 4 rings (SSSR count). The van der Waals surface area contributed by atoms with Crippen LogP contribution in [-0.4, -0.2) is 22.8 Å². The highest BCUT2D eigenvalue weighted by Crippen LogP contribution is 2.36. The number of carbonyl (C=O) groups excluding carboxylic acids is 3. The highest BCUT2D eigenvalue weighted by Gasteiger charge is 2.33. The van der Waals surface area contributed by atoms with Gasteiger partial charge >= 0.3 is 12.2 Å². The number of alkyl halides is 3. The molecule has 216 valence electrons. The maximum atomic E-state index is 13.0. The van der Waals surface area contributed by atoms with Gasteiger partial charge in [0.05, 0.1) is 21.2 Å². The van der Waals surface area contributed by atoms with Gasteiger partial charge < -0.3 is 15.4 Å². The molecule has 0 radical (unpaired) electrons. The largest absolute Gasteiger partial charge is 0.457 e. The van der Waals surface area contributed by atoms with Crippen LogP contribution in [-0.2, 0) is 6.18 Å². The summed E-state index contributed by atoms with van der Waals surface area (Å²) in [7, 11) is 0. The number of hydrazine groups is 1. The molecule has 0 aliphatic heterocycles. The molecule has 0 bridgehead atoms. The first kappa shape index (κ1) is 30.4. The number of amides is 4. The molecule has 4 aromatic rings. The SMILES string of the molecule is O=C(Nc1ccc(Oc2ccnc(C(=O)NNC(=O)c3ccc(Cl)cc3Cl)c2)cc1)Nc1ccc(Cl)c(C(F)(F)F)c1. The number of halogens is 6. The van der Waals surface area contributed by atoms with Gasteiger partial charge in [0, 0.05) is 28.7 Å². The average Bonchev–Trinajstić information content (AvgIpc) is 2.93. The zero-order valence-corrected chi connectivity index (χ0v) is 23.1. The van der Waals surface area contributed by atoms with Gasteiger partial charge in [0.1, 0.15) is 17.2 Å². The second-order valence-electron chi connectivity index (χ2n) is 8.31. The predicted octanol–water partition coefficient (Wildman–Crippen LogP) is 7.57. The molecular formula is C27H17Cl3F3N5O4. The Morgan fingerprint density at radius 3 is 2.07 bits per heavy atom. The lowest BCUT2D eigenvalue weighted by atomic mass is 10.2. The Bertz CT molecular complexity index is 1650. The Hall–Kier alpha value is -4.52. The normalized spacial score (nSPS) is 10.9. The van der Waals surface area contributed by atoms with Crippen molar-refractivity contribution in [3.05, 3.63) is 111 Å². The Morgan fingerprint density at radius 2 is 1.38 bits per heavy atom. The van der Waals surface area contributed by atoms with Gasteiger partial charge in [-0.15, -0.1) is 0 Å². The van der Waals surface area contributed by atoms with Gasteiger partial charge in [0.25, 0.3) is 11.8 Å². The zero-order chi connectivity index (χ0) is 30.4. The summed E-state index contributed by atoms with van der Waals surface area (Å²) in [5.74, 6) is -0.827. The molecule has 0 spiro atoms. The maximum absolute atomic E-state index is 13.0. The van der Waals surface area contributed by atoms with E-state index in [-0.39, 0.29) is 27.7 Å². The molecule has 3 aromatic carbocycles. The second-order valence-corrected chi connectivity index (χ2v) is 9.56. The quantitative estimate of drug-likeness (QED) is 0.162. The molecule has 1 aromatic heterocycles. The van der Waals surface area contributed by atoms with E-state index in [1.54, 1.807) is 0 Å². The van der Waals surface area contributed by atoms with Crippen molar-refractivity contribution >= 4 is 64.0 Å². The van der Waals surface area contributed by atoms with E-state index < -0.39 is 34.6 Å². The van der Waals surface area contributed by atoms with Crippen LogP contribution >= 0.6 is 34.8 Å². The minimum Gasteiger partial charge on any atom is -0.457 e. The minimum absolute atomic E-state index is 0.0687. The van der Waals surface area contributed by atoms with E-state index >= 15 is 0 Å². The summed E-state index contributed by atoms with van der Waals surface area (Å²) < 4.78 is 44.8. The third-order valence-electron chi connectivity index (χ3n) is 5.31. The van der Waals surface area contributed by atoms with Crippen LogP contribution in [0.2, 0.25) is 15.1 Å². The number of hydrogen-bond donors (Lipinski definition) is 4. The summed E-state index contributed by atoms with van der Waals surface area (Å²) in [5.41, 5.74) is 3.63. The van der Waals surface area contributed by atoms with Crippen molar-refractivity contribution in [3.63, 3.8) is 0 Å². The Balaban J connectivity index is 1.32. The van der Waals surface area contributed by atoms with Crippen molar-refractivity contribution in [1.29, 1.82) is 0 Å². The molecule has 0 aliphatic rings. The first-order valence-electron chi connectivity index (χ1n) is 11.6. The Kier molecular flexibility index (Phi) is 9.41. The number of urea groups is 1. The smallest absolute Gasteiger partial charge is 0.417 e. The van der Waals surface area contributed by atoms with E-state index in [1.807, 2.05) is 0 Å². The van der Waals surface area contributed by atoms with Crippen LogP contribution in [0.5, 0.6) is 11.5 Å². The molecule has 0 fully saturated rings. The molecular weight excluding hydrogens is 622 g/mol. The van der Waals surface area contributed by atoms with Crippen LogP contribution in [0.15, 0.2) is 79.0 Å². The number of aromatic nitrogens is 1. The highest BCUT2D eigenvalue weighted by atomic mass is 35.5. The molecule has 0 aliphatic carbocycles. The fourth-order valence-corrected chi connectivity index (χ4v) is 4.09. The summed E-state index contributed by atoms with van der Waals surface area (Å²) in [6, 6.07) is 15.3. The summed E-state index contributed by atoms with van der Waals surface area (Å²) in [4.78, 5) is 41.0.